The highest BCUT2D eigenvalue weighted by molar-refractivity contribution is 5.76. The van der Waals surface area contributed by atoms with Crippen LogP contribution in [0.25, 0.3) is 11.1 Å². The number of para-hydroxylation sites is 1. The Bertz CT molecular complexity index is 943. The van der Waals surface area contributed by atoms with Crippen LogP contribution in [-0.2, 0) is 6.61 Å². The highest BCUT2D eigenvalue weighted by Gasteiger charge is 2.33. The summed E-state index contributed by atoms with van der Waals surface area (Å²) in [5, 5.41) is 8.84. The number of halogens is 3. The van der Waals surface area contributed by atoms with Gasteiger partial charge in [0.2, 0.25) is 0 Å². The van der Waals surface area contributed by atoms with Crippen molar-refractivity contribution in [1.29, 1.82) is 0 Å². The van der Waals surface area contributed by atoms with Crippen molar-refractivity contribution >= 4 is 0 Å². The fraction of sp³-hybridized carbons (Fsp3) is 0.217. The monoisotopic (exact) mass is 418 g/mol. The zero-order chi connectivity index (χ0) is 21.4. The third kappa shape index (κ3) is 6.15. The molecule has 7 heteroatoms. The van der Waals surface area contributed by atoms with E-state index in [4.69, 9.17) is 14.6 Å². The van der Waals surface area contributed by atoms with E-state index < -0.39 is 6.36 Å². The summed E-state index contributed by atoms with van der Waals surface area (Å²) in [6, 6.07) is 20.5. The van der Waals surface area contributed by atoms with Gasteiger partial charge in [0.15, 0.2) is 0 Å². The Morgan fingerprint density at radius 3 is 2.20 bits per heavy atom. The first-order chi connectivity index (χ1) is 14.5. The van der Waals surface area contributed by atoms with Crippen molar-refractivity contribution in [3.8, 4) is 28.4 Å². The van der Waals surface area contributed by atoms with Crippen molar-refractivity contribution in [2.75, 3.05) is 13.2 Å². The average Bonchev–Trinajstić information content (AvgIpc) is 2.73. The van der Waals surface area contributed by atoms with Crippen LogP contribution in [0.4, 0.5) is 13.2 Å². The highest BCUT2D eigenvalue weighted by atomic mass is 19.4. The normalized spacial score (nSPS) is 11.2. The molecular weight excluding hydrogens is 397 g/mol. The highest BCUT2D eigenvalue weighted by Crippen LogP contribution is 2.40. The summed E-state index contributed by atoms with van der Waals surface area (Å²) in [5.41, 5.74) is 1.63. The van der Waals surface area contributed by atoms with Crippen LogP contribution in [-0.4, -0.2) is 24.7 Å². The maximum atomic E-state index is 13.0. The smallest absolute Gasteiger partial charge is 0.493 e. The van der Waals surface area contributed by atoms with Crippen molar-refractivity contribution in [1.82, 2.24) is 0 Å². The van der Waals surface area contributed by atoms with Gasteiger partial charge in [0.05, 0.1) is 6.61 Å². The second kappa shape index (κ2) is 10.0. The van der Waals surface area contributed by atoms with Crippen molar-refractivity contribution in [2.24, 2.45) is 0 Å². The molecule has 3 aromatic rings. The van der Waals surface area contributed by atoms with Crippen molar-refractivity contribution in [3.63, 3.8) is 0 Å². The first kappa shape index (κ1) is 21.5. The van der Waals surface area contributed by atoms with Gasteiger partial charge in [-0.2, -0.15) is 0 Å². The molecule has 0 aromatic heterocycles. The summed E-state index contributed by atoms with van der Waals surface area (Å²) >= 11 is 0. The van der Waals surface area contributed by atoms with Gasteiger partial charge in [-0.05, 0) is 23.8 Å². The Hall–Kier alpha value is -3.19. The number of hydrogen-bond donors (Lipinski definition) is 1. The molecule has 0 aliphatic heterocycles. The predicted molar refractivity (Wildman–Crippen MR) is 107 cm³/mol. The van der Waals surface area contributed by atoms with E-state index in [0.29, 0.717) is 17.7 Å². The number of benzene rings is 3. The van der Waals surface area contributed by atoms with Gasteiger partial charge >= 0.3 is 6.36 Å². The molecule has 158 valence electrons. The molecule has 0 amide bonds. The molecule has 0 spiro atoms. The van der Waals surface area contributed by atoms with Crippen LogP contribution in [0.5, 0.6) is 17.2 Å². The van der Waals surface area contributed by atoms with Crippen LogP contribution in [0.2, 0.25) is 0 Å². The van der Waals surface area contributed by atoms with Gasteiger partial charge in [-0.25, -0.2) is 0 Å². The van der Waals surface area contributed by atoms with E-state index in [0.717, 1.165) is 5.56 Å². The van der Waals surface area contributed by atoms with E-state index in [1.54, 1.807) is 30.3 Å². The summed E-state index contributed by atoms with van der Waals surface area (Å²) in [5.74, 6) is 0.260. The summed E-state index contributed by atoms with van der Waals surface area (Å²) in [4.78, 5) is 0. The average molecular weight is 418 g/mol. The summed E-state index contributed by atoms with van der Waals surface area (Å²) in [6.45, 7) is 0.379. The van der Waals surface area contributed by atoms with E-state index in [2.05, 4.69) is 4.74 Å². The molecule has 0 saturated heterocycles. The van der Waals surface area contributed by atoms with Crippen LogP contribution in [0, 0.1) is 0 Å². The van der Waals surface area contributed by atoms with E-state index in [9.17, 15) is 13.2 Å². The lowest BCUT2D eigenvalue weighted by molar-refractivity contribution is -0.274. The number of hydrogen-bond acceptors (Lipinski definition) is 4. The predicted octanol–water partition coefficient (Wildman–Crippen LogP) is 5.59. The second-order valence-corrected chi connectivity index (χ2v) is 6.40. The van der Waals surface area contributed by atoms with E-state index in [-0.39, 0.29) is 36.9 Å². The molecule has 0 unspecified atom stereocenters. The lowest BCUT2D eigenvalue weighted by Gasteiger charge is -2.17. The fourth-order valence-electron chi connectivity index (χ4n) is 2.83. The molecule has 0 aliphatic rings. The molecule has 1 N–H and O–H groups in total. The van der Waals surface area contributed by atoms with Crippen molar-refractivity contribution < 1.29 is 32.5 Å². The van der Waals surface area contributed by atoms with Gasteiger partial charge in [0.25, 0.3) is 0 Å². The summed E-state index contributed by atoms with van der Waals surface area (Å²) in [6.07, 6.45) is -4.49. The Morgan fingerprint density at radius 1 is 0.767 bits per heavy atom. The van der Waals surface area contributed by atoms with Crippen LogP contribution < -0.4 is 14.2 Å². The van der Waals surface area contributed by atoms with E-state index >= 15 is 0 Å². The topological polar surface area (TPSA) is 47.9 Å². The standard InChI is InChI=1S/C23H21F3O4/c24-23(25,26)30-22-15-18(28-14-6-13-27)11-12-20(22)19-9-4-5-10-21(19)29-16-17-7-2-1-3-8-17/h1-5,7-12,15,27H,6,13-14,16H2. The van der Waals surface area contributed by atoms with Gasteiger partial charge in [-0.3, -0.25) is 0 Å². The molecule has 0 saturated carbocycles. The fourth-order valence-corrected chi connectivity index (χ4v) is 2.83. The number of rotatable bonds is 9. The van der Waals surface area contributed by atoms with E-state index in [1.807, 2.05) is 30.3 Å². The van der Waals surface area contributed by atoms with Crippen LogP contribution in [0.3, 0.4) is 0 Å². The lowest BCUT2D eigenvalue weighted by atomic mass is 10.0. The lowest BCUT2D eigenvalue weighted by Crippen LogP contribution is -2.17. The van der Waals surface area contributed by atoms with Crippen LogP contribution in [0.1, 0.15) is 12.0 Å². The minimum absolute atomic E-state index is 0.0733. The molecule has 0 heterocycles. The Labute approximate surface area is 172 Å². The van der Waals surface area contributed by atoms with Crippen molar-refractivity contribution in [3.05, 3.63) is 78.4 Å². The minimum Gasteiger partial charge on any atom is -0.493 e. The molecule has 4 nitrogen and oxygen atoms in total. The largest absolute Gasteiger partial charge is 0.573 e. The summed E-state index contributed by atoms with van der Waals surface area (Å²) in [7, 11) is 0. The van der Waals surface area contributed by atoms with Crippen LogP contribution in [0.15, 0.2) is 72.8 Å². The maximum Gasteiger partial charge on any atom is 0.573 e. The molecule has 0 bridgehead atoms. The quantitative estimate of drug-likeness (QED) is 0.460. The molecule has 3 aromatic carbocycles. The zero-order valence-electron chi connectivity index (χ0n) is 16.1. The van der Waals surface area contributed by atoms with E-state index in [1.165, 1.54) is 12.1 Å². The summed E-state index contributed by atoms with van der Waals surface area (Å²) < 4.78 is 54.6. The van der Waals surface area contributed by atoms with Crippen LogP contribution >= 0.6 is 0 Å². The number of aliphatic hydroxyl groups excluding tert-OH is 1. The SMILES string of the molecule is OCCCOc1ccc(-c2ccccc2OCc2ccccc2)c(OC(F)(F)F)c1. The Kier molecular flexibility index (Phi) is 7.19. The van der Waals surface area contributed by atoms with Gasteiger partial charge in [0, 0.05) is 30.2 Å². The molecule has 30 heavy (non-hydrogen) atoms. The first-order valence-corrected chi connectivity index (χ1v) is 9.36. The van der Waals surface area contributed by atoms with Gasteiger partial charge in [0.1, 0.15) is 23.9 Å². The second-order valence-electron chi connectivity index (χ2n) is 6.40. The number of alkyl halides is 3. The third-order valence-corrected chi connectivity index (χ3v) is 4.16. The first-order valence-electron chi connectivity index (χ1n) is 9.36. The Balaban J connectivity index is 1.91. The maximum absolute atomic E-state index is 13.0. The van der Waals surface area contributed by atoms with Crippen molar-refractivity contribution in [2.45, 2.75) is 19.4 Å². The Morgan fingerprint density at radius 2 is 1.47 bits per heavy atom. The molecular formula is C23H21F3O4. The third-order valence-electron chi connectivity index (χ3n) is 4.16. The van der Waals surface area contributed by atoms with Gasteiger partial charge < -0.3 is 19.3 Å². The minimum atomic E-state index is -4.86. The molecule has 0 atom stereocenters. The number of ether oxygens (including phenoxy) is 3. The number of aliphatic hydroxyl groups is 1. The molecule has 0 radical (unpaired) electrons. The molecule has 0 aliphatic carbocycles. The van der Waals surface area contributed by atoms with Gasteiger partial charge in [-0.1, -0.05) is 48.5 Å². The zero-order valence-corrected chi connectivity index (χ0v) is 16.1. The van der Waals surface area contributed by atoms with Gasteiger partial charge in [-0.15, -0.1) is 13.2 Å². The molecule has 3 rings (SSSR count). The molecule has 0 fully saturated rings.